The summed E-state index contributed by atoms with van der Waals surface area (Å²) in [5.74, 6) is -0.512. The second kappa shape index (κ2) is 4.79. The minimum atomic E-state index is -0.763. The summed E-state index contributed by atoms with van der Waals surface area (Å²) in [6, 6.07) is 0. The highest BCUT2D eigenvalue weighted by molar-refractivity contribution is 5.88. The van der Waals surface area contributed by atoms with E-state index in [0.29, 0.717) is 0 Å². The number of amides is 1. The SMILES string of the molecule is COC(=O)C(C)(C)C=CC(=O)N(C)C. The van der Waals surface area contributed by atoms with Crippen molar-refractivity contribution in [2.24, 2.45) is 5.41 Å². The van der Waals surface area contributed by atoms with Crippen LogP contribution in [0.15, 0.2) is 12.2 Å². The summed E-state index contributed by atoms with van der Waals surface area (Å²) in [4.78, 5) is 23.8. The van der Waals surface area contributed by atoms with E-state index in [2.05, 4.69) is 4.74 Å². The van der Waals surface area contributed by atoms with Crippen LogP contribution in [0.1, 0.15) is 13.8 Å². The molecule has 0 N–H and O–H groups in total. The maximum Gasteiger partial charge on any atom is 0.315 e. The zero-order chi connectivity index (χ0) is 11.4. The third-order valence-corrected chi connectivity index (χ3v) is 1.79. The van der Waals surface area contributed by atoms with Gasteiger partial charge in [0.2, 0.25) is 5.91 Å². The number of ether oxygens (including phenoxy) is 1. The molecule has 14 heavy (non-hydrogen) atoms. The third-order valence-electron chi connectivity index (χ3n) is 1.79. The van der Waals surface area contributed by atoms with E-state index >= 15 is 0 Å². The Morgan fingerprint density at radius 1 is 1.29 bits per heavy atom. The van der Waals surface area contributed by atoms with Gasteiger partial charge < -0.3 is 9.64 Å². The molecule has 0 unspecified atom stereocenters. The van der Waals surface area contributed by atoms with Gasteiger partial charge >= 0.3 is 5.97 Å². The average molecular weight is 199 g/mol. The topological polar surface area (TPSA) is 46.6 Å². The van der Waals surface area contributed by atoms with E-state index in [1.807, 2.05) is 0 Å². The van der Waals surface area contributed by atoms with E-state index < -0.39 is 5.41 Å². The highest BCUT2D eigenvalue weighted by Crippen LogP contribution is 2.18. The minimum absolute atomic E-state index is 0.151. The first-order valence-electron chi connectivity index (χ1n) is 4.30. The monoisotopic (exact) mass is 199 g/mol. The highest BCUT2D eigenvalue weighted by atomic mass is 16.5. The first kappa shape index (κ1) is 12.7. The van der Waals surface area contributed by atoms with Gasteiger partial charge in [0.05, 0.1) is 12.5 Å². The molecule has 0 saturated heterocycles. The molecule has 0 aliphatic rings. The molecule has 0 saturated carbocycles. The molecule has 80 valence electrons. The van der Waals surface area contributed by atoms with Crippen molar-refractivity contribution in [1.82, 2.24) is 4.90 Å². The normalized spacial score (nSPS) is 11.5. The molecule has 0 atom stereocenters. The Bertz CT molecular complexity index is 254. The van der Waals surface area contributed by atoms with Gasteiger partial charge in [0.25, 0.3) is 0 Å². The Morgan fingerprint density at radius 2 is 1.79 bits per heavy atom. The standard InChI is InChI=1S/C10H17NO3/c1-10(2,9(13)14-5)7-6-8(12)11(3)4/h6-7H,1-5H3. The van der Waals surface area contributed by atoms with Gasteiger partial charge in [-0.15, -0.1) is 0 Å². The van der Waals surface area contributed by atoms with Crippen LogP contribution < -0.4 is 0 Å². The summed E-state index contributed by atoms with van der Waals surface area (Å²) in [6.07, 6.45) is 2.91. The highest BCUT2D eigenvalue weighted by Gasteiger charge is 2.25. The van der Waals surface area contributed by atoms with Crippen LogP contribution in [0, 0.1) is 5.41 Å². The van der Waals surface area contributed by atoms with E-state index in [9.17, 15) is 9.59 Å². The van der Waals surface area contributed by atoms with Crippen molar-refractivity contribution < 1.29 is 14.3 Å². The molecule has 1 amide bonds. The Morgan fingerprint density at radius 3 is 2.14 bits per heavy atom. The van der Waals surface area contributed by atoms with Crippen molar-refractivity contribution in [2.75, 3.05) is 21.2 Å². The lowest BCUT2D eigenvalue weighted by atomic mass is 9.93. The first-order valence-corrected chi connectivity index (χ1v) is 4.30. The molecule has 0 fully saturated rings. The Labute approximate surface area is 84.5 Å². The molecular weight excluding hydrogens is 182 g/mol. The van der Waals surface area contributed by atoms with Gasteiger partial charge in [-0.05, 0) is 13.8 Å². The van der Waals surface area contributed by atoms with Crippen LogP contribution in [-0.4, -0.2) is 38.0 Å². The van der Waals surface area contributed by atoms with Gasteiger partial charge in [-0.3, -0.25) is 9.59 Å². The average Bonchev–Trinajstić information content (AvgIpc) is 2.12. The van der Waals surface area contributed by atoms with E-state index in [4.69, 9.17) is 0 Å². The van der Waals surface area contributed by atoms with E-state index in [0.717, 1.165) is 0 Å². The fourth-order valence-corrected chi connectivity index (χ4v) is 0.760. The molecule has 0 bridgehead atoms. The maximum absolute atomic E-state index is 11.2. The van der Waals surface area contributed by atoms with Gasteiger partial charge in [0.1, 0.15) is 0 Å². The van der Waals surface area contributed by atoms with E-state index in [1.165, 1.54) is 18.1 Å². The van der Waals surface area contributed by atoms with Crippen molar-refractivity contribution in [2.45, 2.75) is 13.8 Å². The van der Waals surface area contributed by atoms with Gasteiger partial charge in [0, 0.05) is 20.2 Å². The summed E-state index contributed by atoms with van der Waals surface area (Å²) in [6.45, 7) is 3.39. The van der Waals surface area contributed by atoms with Gasteiger partial charge in [0.15, 0.2) is 0 Å². The van der Waals surface area contributed by atoms with Crippen LogP contribution in [0.25, 0.3) is 0 Å². The second-order valence-corrected chi connectivity index (χ2v) is 3.78. The quantitative estimate of drug-likeness (QED) is 0.499. The zero-order valence-corrected chi connectivity index (χ0v) is 9.33. The molecule has 0 aromatic rings. The lowest BCUT2D eigenvalue weighted by Crippen LogP contribution is -2.25. The lowest BCUT2D eigenvalue weighted by Gasteiger charge is -2.16. The molecule has 0 aliphatic heterocycles. The number of carbonyl (C=O) groups is 2. The van der Waals surface area contributed by atoms with Crippen LogP contribution in [0.3, 0.4) is 0 Å². The van der Waals surface area contributed by atoms with E-state index in [1.54, 1.807) is 34.0 Å². The Kier molecular flexibility index (Phi) is 4.34. The molecular formula is C10H17NO3. The maximum atomic E-state index is 11.2. The molecule has 0 aromatic carbocycles. The Balaban J connectivity index is 4.50. The van der Waals surface area contributed by atoms with E-state index in [-0.39, 0.29) is 11.9 Å². The molecule has 0 spiro atoms. The number of hydrogen-bond acceptors (Lipinski definition) is 3. The van der Waals surface area contributed by atoms with Gasteiger partial charge in [-0.1, -0.05) is 6.08 Å². The molecule has 0 radical (unpaired) electrons. The summed E-state index contributed by atoms with van der Waals surface area (Å²) in [5.41, 5.74) is -0.763. The largest absolute Gasteiger partial charge is 0.468 e. The lowest BCUT2D eigenvalue weighted by molar-refractivity contribution is -0.148. The molecule has 4 nitrogen and oxygen atoms in total. The number of likely N-dealkylation sites (N-methyl/N-ethyl adjacent to an activating group) is 1. The van der Waals surface area contributed by atoms with Crippen molar-refractivity contribution in [3.63, 3.8) is 0 Å². The van der Waals surface area contributed by atoms with Gasteiger partial charge in [-0.2, -0.15) is 0 Å². The molecule has 0 aromatic heterocycles. The summed E-state index contributed by atoms with van der Waals surface area (Å²) >= 11 is 0. The molecule has 4 heteroatoms. The zero-order valence-electron chi connectivity index (χ0n) is 9.33. The van der Waals surface area contributed by atoms with Crippen molar-refractivity contribution in [1.29, 1.82) is 0 Å². The number of esters is 1. The number of nitrogens with zero attached hydrogens (tertiary/aromatic N) is 1. The number of rotatable bonds is 3. The summed E-state index contributed by atoms with van der Waals surface area (Å²) in [7, 11) is 4.63. The summed E-state index contributed by atoms with van der Waals surface area (Å²) in [5, 5.41) is 0. The predicted molar refractivity (Wildman–Crippen MR) is 53.6 cm³/mol. The molecule has 0 rings (SSSR count). The number of hydrogen-bond donors (Lipinski definition) is 0. The van der Waals surface area contributed by atoms with Crippen molar-refractivity contribution >= 4 is 11.9 Å². The Hall–Kier alpha value is -1.32. The summed E-state index contributed by atoms with van der Waals surface area (Å²) < 4.78 is 4.59. The third kappa shape index (κ3) is 3.60. The second-order valence-electron chi connectivity index (χ2n) is 3.78. The van der Waals surface area contributed by atoms with Crippen LogP contribution >= 0.6 is 0 Å². The fraction of sp³-hybridized carbons (Fsp3) is 0.600. The van der Waals surface area contributed by atoms with Crippen molar-refractivity contribution in [3.8, 4) is 0 Å². The van der Waals surface area contributed by atoms with Crippen molar-refractivity contribution in [3.05, 3.63) is 12.2 Å². The smallest absolute Gasteiger partial charge is 0.315 e. The van der Waals surface area contributed by atoms with Crippen LogP contribution in [-0.2, 0) is 14.3 Å². The number of methoxy groups -OCH3 is 1. The minimum Gasteiger partial charge on any atom is -0.468 e. The predicted octanol–water partition coefficient (Wildman–Crippen LogP) is 0.830. The first-order chi connectivity index (χ1) is 6.31. The number of carbonyl (C=O) groups excluding carboxylic acids is 2. The molecule has 0 heterocycles. The molecule has 0 aliphatic carbocycles. The van der Waals surface area contributed by atoms with Crippen LogP contribution in [0.2, 0.25) is 0 Å². The van der Waals surface area contributed by atoms with Gasteiger partial charge in [-0.25, -0.2) is 0 Å². The van der Waals surface area contributed by atoms with Crippen LogP contribution in [0.4, 0.5) is 0 Å². The van der Waals surface area contributed by atoms with Crippen LogP contribution in [0.5, 0.6) is 0 Å². The fourth-order valence-electron chi connectivity index (χ4n) is 0.760.